The second kappa shape index (κ2) is 9.60. The van der Waals surface area contributed by atoms with Crippen LogP contribution >= 0.6 is 12.4 Å². The summed E-state index contributed by atoms with van der Waals surface area (Å²) in [5.74, 6) is 1.31. The molecule has 2 rings (SSSR count). The van der Waals surface area contributed by atoms with Gasteiger partial charge < -0.3 is 24.6 Å². The molecule has 23 heavy (non-hydrogen) atoms. The second-order valence-electron chi connectivity index (χ2n) is 5.51. The van der Waals surface area contributed by atoms with E-state index in [0.717, 1.165) is 32.7 Å². The third kappa shape index (κ3) is 5.89. The highest BCUT2D eigenvalue weighted by Gasteiger charge is 2.15. The quantitative estimate of drug-likeness (QED) is 0.852. The Kier molecular flexibility index (Phi) is 8.16. The summed E-state index contributed by atoms with van der Waals surface area (Å²) in [5.41, 5.74) is 0.644. The molecule has 130 valence electrons. The monoisotopic (exact) mass is 343 g/mol. The number of benzene rings is 1. The first-order chi connectivity index (χ1) is 10.6. The molecule has 0 aromatic heterocycles. The molecule has 1 fully saturated rings. The lowest BCUT2D eigenvalue weighted by atomic mass is 10.2. The van der Waals surface area contributed by atoms with Crippen molar-refractivity contribution < 1.29 is 14.3 Å². The Bertz CT molecular complexity index is 505. The minimum Gasteiger partial charge on any atom is -0.497 e. The highest BCUT2D eigenvalue weighted by Crippen LogP contribution is 2.28. The first-order valence-electron chi connectivity index (χ1n) is 7.55. The number of likely N-dealkylation sites (N-methyl/N-ethyl adjacent to an activating group) is 1. The summed E-state index contributed by atoms with van der Waals surface area (Å²) in [5, 5.41) is 2.90. The number of piperazine rings is 1. The van der Waals surface area contributed by atoms with Gasteiger partial charge in [0.1, 0.15) is 11.5 Å². The summed E-state index contributed by atoms with van der Waals surface area (Å²) in [6.45, 7) is 4.95. The number of ether oxygens (including phenoxy) is 2. The molecule has 0 atom stereocenters. The van der Waals surface area contributed by atoms with E-state index >= 15 is 0 Å². The van der Waals surface area contributed by atoms with Crippen molar-refractivity contribution in [3.8, 4) is 11.5 Å². The van der Waals surface area contributed by atoms with E-state index in [1.165, 1.54) is 0 Å². The SMILES string of the molecule is COc1ccc(OC)c(NC(=O)CCN2CCN(C)CC2)c1.Cl. The van der Waals surface area contributed by atoms with E-state index in [0.29, 0.717) is 23.6 Å². The number of amides is 1. The van der Waals surface area contributed by atoms with Gasteiger partial charge in [0.2, 0.25) is 5.91 Å². The van der Waals surface area contributed by atoms with Gasteiger partial charge in [0.25, 0.3) is 0 Å². The van der Waals surface area contributed by atoms with Crippen LogP contribution in [0.1, 0.15) is 6.42 Å². The summed E-state index contributed by atoms with van der Waals surface area (Å²) in [7, 11) is 5.31. The number of hydrogen-bond donors (Lipinski definition) is 1. The van der Waals surface area contributed by atoms with Crippen LogP contribution in [0.15, 0.2) is 18.2 Å². The van der Waals surface area contributed by atoms with Crippen molar-refractivity contribution in [2.75, 3.05) is 59.3 Å². The fourth-order valence-electron chi connectivity index (χ4n) is 2.46. The van der Waals surface area contributed by atoms with Crippen LogP contribution in [-0.2, 0) is 4.79 Å². The van der Waals surface area contributed by atoms with Gasteiger partial charge in [-0.1, -0.05) is 0 Å². The number of nitrogens with one attached hydrogen (secondary N) is 1. The molecule has 1 amide bonds. The molecule has 0 radical (unpaired) electrons. The number of nitrogens with zero attached hydrogens (tertiary/aromatic N) is 2. The van der Waals surface area contributed by atoms with Crippen molar-refractivity contribution in [3.63, 3.8) is 0 Å². The standard InChI is InChI=1S/C16H25N3O3.ClH/c1-18-8-10-19(11-9-18)7-6-16(20)17-14-12-13(21-2)4-5-15(14)22-3;/h4-5,12H,6-11H2,1-3H3,(H,17,20);1H. The average molecular weight is 344 g/mol. The molecule has 1 aliphatic heterocycles. The molecule has 0 unspecified atom stereocenters. The van der Waals surface area contributed by atoms with Gasteiger partial charge in [0.15, 0.2) is 0 Å². The third-order valence-electron chi connectivity index (χ3n) is 3.93. The number of halogens is 1. The maximum absolute atomic E-state index is 12.1. The van der Waals surface area contributed by atoms with Gasteiger partial charge in [0.05, 0.1) is 19.9 Å². The van der Waals surface area contributed by atoms with Crippen molar-refractivity contribution in [3.05, 3.63) is 18.2 Å². The molecule has 0 spiro atoms. The van der Waals surface area contributed by atoms with Crippen LogP contribution in [0.3, 0.4) is 0 Å². The zero-order valence-corrected chi connectivity index (χ0v) is 14.8. The molecule has 1 saturated heterocycles. The van der Waals surface area contributed by atoms with Crippen LogP contribution in [0.2, 0.25) is 0 Å². The number of hydrogen-bond acceptors (Lipinski definition) is 5. The Labute approximate surface area is 144 Å². The molecule has 1 N–H and O–H groups in total. The molecule has 1 aromatic rings. The van der Waals surface area contributed by atoms with E-state index in [4.69, 9.17) is 9.47 Å². The second-order valence-corrected chi connectivity index (χ2v) is 5.51. The number of carbonyl (C=O) groups is 1. The van der Waals surface area contributed by atoms with E-state index in [2.05, 4.69) is 22.2 Å². The molecule has 6 nitrogen and oxygen atoms in total. The van der Waals surface area contributed by atoms with Crippen molar-refractivity contribution in [1.82, 2.24) is 9.80 Å². The largest absolute Gasteiger partial charge is 0.497 e. The van der Waals surface area contributed by atoms with Crippen LogP contribution in [0.25, 0.3) is 0 Å². The molecule has 0 aliphatic carbocycles. The van der Waals surface area contributed by atoms with Crippen LogP contribution in [-0.4, -0.2) is 69.7 Å². The summed E-state index contributed by atoms with van der Waals surface area (Å²) >= 11 is 0. The molecule has 1 aliphatic rings. The van der Waals surface area contributed by atoms with Gasteiger partial charge in [-0.25, -0.2) is 0 Å². The zero-order chi connectivity index (χ0) is 15.9. The normalized spacial score (nSPS) is 15.6. The summed E-state index contributed by atoms with van der Waals surface area (Å²) in [6, 6.07) is 5.36. The van der Waals surface area contributed by atoms with E-state index in [1.54, 1.807) is 32.4 Å². The number of carbonyl (C=O) groups excluding carboxylic acids is 1. The number of rotatable bonds is 6. The summed E-state index contributed by atoms with van der Waals surface area (Å²) in [6.07, 6.45) is 0.476. The fraction of sp³-hybridized carbons (Fsp3) is 0.562. The highest BCUT2D eigenvalue weighted by atomic mass is 35.5. The molecular weight excluding hydrogens is 318 g/mol. The van der Waals surface area contributed by atoms with Crippen LogP contribution in [0.5, 0.6) is 11.5 Å². The van der Waals surface area contributed by atoms with Gasteiger partial charge >= 0.3 is 0 Å². The number of methoxy groups -OCH3 is 2. The van der Waals surface area contributed by atoms with Crippen LogP contribution in [0.4, 0.5) is 5.69 Å². The molecule has 1 heterocycles. The van der Waals surface area contributed by atoms with Crippen molar-refractivity contribution in [2.24, 2.45) is 0 Å². The Morgan fingerprint density at radius 3 is 2.48 bits per heavy atom. The first-order valence-corrected chi connectivity index (χ1v) is 7.55. The van der Waals surface area contributed by atoms with Crippen molar-refractivity contribution in [2.45, 2.75) is 6.42 Å². The minimum absolute atomic E-state index is 0. The van der Waals surface area contributed by atoms with Crippen LogP contribution in [0, 0.1) is 0 Å². The van der Waals surface area contributed by atoms with E-state index in [1.807, 2.05) is 0 Å². The van der Waals surface area contributed by atoms with E-state index in [-0.39, 0.29) is 18.3 Å². The third-order valence-corrected chi connectivity index (χ3v) is 3.93. The molecule has 1 aromatic carbocycles. The Morgan fingerprint density at radius 1 is 1.17 bits per heavy atom. The van der Waals surface area contributed by atoms with Crippen LogP contribution < -0.4 is 14.8 Å². The molecular formula is C16H26ClN3O3. The predicted octanol–water partition coefficient (Wildman–Crippen LogP) is 1.70. The van der Waals surface area contributed by atoms with Gasteiger partial charge in [-0.3, -0.25) is 4.79 Å². The lowest BCUT2D eigenvalue weighted by Gasteiger charge is -2.32. The Balaban J connectivity index is 0.00000264. The van der Waals surface area contributed by atoms with Gasteiger partial charge in [-0.05, 0) is 19.2 Å². The minimum atomic E-state index is -0.00881. The van der Waals surface area contributed by atoms with E-state index < -0.39 is 0 Å². The maximum Gasteiger partial charge on any atom is 0.225 e. The van der Waals surface area contributed by atoms with Crippen molar-refractivity contribution >= 4 is 24.0 Å². The maximum atomic E-state index is 12.1. The summed E-state index contributed by atoms with van der Waals surface area (Å²) < 4.78 is 10.4. The Hall–Kier alpha value is -1.50. The Morgan fingerprint density at radius 2 is 1.87 bits per heavy atom. The lowest BCUT2D eigenvalue weighted by molar-refractivity contribution is -0.116. The average Bonchev–Trinajstić information content (AvgIpc) is 2.54. The first kappa shape index (κ1) is 19.5. The molecule has 7 heteroatoms. The lowest BCUT2D eigenvalue weighted by Crippen LogP contribution is -2.45. The van der Waals surface area contributed by atoms with Gasteiger partial charge in [-0.2, -0.15) is 0 Å². The van der Waals surface area contributed by atoms with Crippen molar-refractivity contribution in [1.29, 1.82) is 0 Å². The topological polar surface area (TPSA) is 54.0 Å². The predicted molar refractivity (Wildman–Crippen MR) is 94.0 cm³/mol. The molecule has 0 bridgehead atoms. The van der Waals surface area contributed by atoms with Gasteiger partial charge in [-0.15, -0.1) is 12.4 Å². The smallest absolute Gasteiger partial charge is 0.225 e. The fourth-order valence-corrected chi connectivity index (χ4v) is 2.46. The van der Waals surface area contributed by atoms with Gasteiger partial charge in [0, 0.05) is 45.2 Å². The highest BCUT2D eigenvalue weighted by molar-refractivity contribution is 5.92. The number of anilines is 1. The summed E-state index contributed by atoms with van der Waals surface area (Å²) in [4.78, 5) is 16.8. The zero-order valence-electron chi connectivity index (χ0n) is 14.0. The van der Waals surface area contributed by atoms with E-state index in [9.17, 15) is 4.79 Å². The molecule has 0 saturated carbocycles.